The summed E-state index contributed by atoms with van der Waals surface area (Å²) in [5.41, 5.74) is 3.24. The van der Waals surface area contributed by atoms with E-state index in [-0.39, 0.29) is 11.8 Å². The summed E-state index contributed by atoms with van der Waals surface area (Å²) in [6.07, 6.45) is 0. The zero-order valence-corrected chi connectivity index (χ0v) is 19.0. The molecule has 0 saturated carbocycles. The quantitative estimate of drug-likeness (QED) is 0.459. The normalized spacial score (nSPS) is 12.9. The number of rotatable bonds is 10. The van der Waals surface area contributed by atoms with Gasteiger partial charge >= 0.3 is 5.97 Å². The highest BCUT2D eigenvalue weighted by atomic mass is 16.5. The summed E-state index contributed by atoms with van der Waals surface area (Å²) in [6, 6.07) is 5.50. The molecule has 1 heterocycles. The number of benzene rings is 1. The van der Waals surface area contributed by atoms with Crippen molar-refractivity contribution in [3.8, 4) is 11.5 Å². The molecule has 2 N–H and O–H groups in total. The zero-order chi connectivity index (χ0) is 22.4. The zero-order valence-electron chi connectivity index (χ0n) is 19.0. The number of Topliss-reactive ketones (excluding diaryl/α,β-unsaturated/α-hetero) is 1. The molecule has 0 aliphatic rings. The van der Waals surface area contributed by atoms with Crippen LogP contribution in [0.15, 0.2) is 18.2 Å². The van der Waals surface area contributed by atoms with Gasteiger partial charge in [-0.25, -0.2) is 4.79 Å². The molecule has 2 aromatic rings. The van der Waals surface area contributed by atoms with Gasteiger partial charge in [0, 0.05) is 11.3 Å². The Morgan fingerprint density at radius 3 is 2.43 bits per heavy atom. The van der Waals surface area contributed by atoms with Gasteiger partial charge in [0.2, 0.25) is 5.78 Å². The molecular formula is C23H33N2O5+. The second kappa shape index (κ2) is 10.3. The van der Waals surface area contributed by atoms with Crippen molar-refractivity contribution in [2.24, 2.45) is 0 Å². The van der Waals surface area contributed by atoms with E-state index in [1.165, 1.54) is 0 Å². The molecule has 0 bridgehead atoms. The molecular weight excluding hydrogens is 384 g/mol. The summed E-state index contributed by atoms with van der Waals surface area (Å²) >= 11 is 0. The van der Waals surface area contributed by atoms with E-state index in [4.69, 9.17) is 14.2 Å². The van der Waals surface area contributed by atoms with E-state index in [0.29, 0.717) is 53.8 Å². The maximum Gasteiger partial charge on any atom is 0.340 e. The molecule has 0 fully saturated rings. The van der Waals surface area contributed by atoms with Crippen LogP contribution in [0.5, 0.6) is 11.5 Å². The Balaban J connectivity index is 2.19. The van der Waals surface area contributed by atoms with E-state index in [2.05, 4.69) is 4.98 Å². The van der Waals surface area contributed by atoms with Crippen molar-refractivity contribution in [1.82, 2.24) is 4.98 Å². The fourth-order valence-electron chi connectivity index (χ4n) is 3.52. The Bertz CT molecular complexity index is 903. The fraction of sp³-hybridized carbons (Fsp3) is 0.478. The van der Waals surface area contributed by atoms with Crippen LogP contribution in [0.25, 0.3) is 0 Å². The number of carbonyl (C=O) groups is 2. The number of carbonyl (C=O) groups excluding carboxylic acids is 2. The minimum atomic E-state index is -0.405. The molecule has 0 radical (unpaired) electrons. The van der Waals surface area contributed by atoms with Gasteiger partial charge in [0.25, 0.3) is 0 Å². The van der Waals surface area contributed by atoms with Gasteiger partial charge in [-0.2, -0.15) is 0 Å². The van der Waals surface area contributed by atoms with E-state index < -0.39 is 5.97 Å². The number of methoxy groups -OCH3 is 1. The smallest absolute Gasteiger partial charge is 0.340 e. The Labute approximate surface area is 178 Å². The van der Waals surface area contributed by atoms with Crippen molar-refractivity contribution < 1.29 is 28.7 Å². The van der Waals surface area contributed by atoms with Crippen LogP contribution in [-0.4, -0.2) is 50.1 Å². The number of ether oxygens (including phenoxy) is 3. The van der Waals surface area contributed by atoms with Crippen LogP contribution in [0, 0.1) is 13.8 Å². The summed E-state index contributed by atoms with van der Waals surface area (Å²) in [4.78, 5) is 29.5. The topological polar surface area (TPSA) is 82.1 Å². The highest BCUT2D eigenvalue weighted by Gasteiger charge is 2.29. The van der Waals surface area contributed by atoms with Crippen LogP contribution < -0.4 is 14.4 Å². The maximum atomic E-state index is 13.2. The number of likely N-dealkylation sites (N-methyl/N-ethyl adjacent to an activating group) is 1. The first-order valence-corrected chi connectivity index (χ1v) is 10.3. The first kappa shape index (κ1) is 23.5. The lowest BCUT2D eigenvalue weighted by atomic mass is 10.0. The number of ketones is 1. The number of hydrogen-bond donors (Lipinski definition) is 2. The average Bonchev–Trinajstić information content (AvgIpc) is 3.02. The van der Waals surface area contributed by atoms with Gasteiger partial charge in [-0.05, 0) is 58.4 Å². The number of hydrogen-bond acceptors (Lipinski definition) is 5. The van der Waals surface area contributed by atoms with Crippen molar-refractivity contribution in [2.75, 3.05) is 27.4 Å². The third-order valence-electron chi connectivity index (χ3n) is 5.31. The van der Waals surface area contributed by atoms with Gasteiger partial charge in [-0.1, -0.05) is 0 Å². The largest absolute Gasteiger partial charge is 0.493 e. The monoisotopic (exact) mass is 417 g/mol. The fourth-order valence-corrected chi connectivity index (χ4v) is 3.52. The molecule has 164 valence electrons. The van der Waals surface area contributed by atoms with Crippen molar-refractivity contribution in [2.45, 2.75) is 47.2 Å². The molecule has 1 aromatic heterocycles. The van der Waals surface area contributed by atoms with E-state index in [1.54, 1.807) is 27.9 Å². The van der Waals surface area contributed by atoms with Gasteiger partial charge in [0.05, 0.1) is 38.6 Å². The number of aromatic nitrogens is 1. The predicted octanol–water partition coefficient (Wildman–Crippen LogP) is 2.50. The molecule has 0 saturated heterocycles. The molecule has 2 atom stereocenters. The lowest BCUT2D eigenvalue weighted by Gasteiger charge is -2.21. The van der Waals surface area contributed by atoms with Gasteiger partial charge in [0.1, 0.15) is 6.54 Å². The average molecular weight is 418 g/mol. The number of H-pyrrole nitrogens is 1. The van der Waals surface area contributed by atoms with Crippen LogP contribution in [0.2, 0.25) is 0 Å². The summed E-state index contributed by atoms with van der Waals surface area (Å²) in [7, 11) is 3.59. The second-order valence-corrected chi connectivity index (χ2v) is 7.37. The molecule has 0 amide bonds. The number of esters is 1. The molecule has 30 heavy (non-hydrogen) atoms. The summed E-state index contributed by atoms with van der Waals surface area (Å²) in [6.45, 7) is 10.6. The van der Waals surface area contributed by atoms with Crippen LogP contribution in [0.1, 0.15) is 58.4 Å². The summed E-state index contributed by atoms with van der Waals surface area (Å²) in [5.74, 6) is 0.935. The molecule has 1 aromatic carbocycles. The van der Waals surface area contributed by atoms with Crippen LogP contribution >= 0.6 is 0 Å². The van der Waals surface area contributed by atoms with E-state index in [1.807, 2.05) is 39.1 Å². The molecule has 0 aliphatic carbocycles. The van der Waals surface area contributed by atoms with E-state index >= 15 is 0 Å². The SMILES string of the molecule is CCOC(=O)c1c(C)[nH]c(C(=O)[C@H](C)[NH+](C)Cc2ccc(OCC)c(OC)c2)c1C. The first-order valence-electron chi connectivity index (χ1n) is 10.3. The first-order chi connectivity index (χ1) is 14.2. The highest BCUT2D eigenvalue weighted by molar-refractivity contribution is 6.03. The standard InChI is InChI=1S/C23H32N2O5/c1-8-29-18-11-10-17(12-19(18)28-7)13-25(6)16(5)22(26)21-14(3)20(15(4)24-21)23(27)30-9-2/h10-12,16,24H,8-9,13H2,1-7H3/p+1/t16-/m0/s1. The molecule has 7 heteroatoms. The van der Waals surface area contributed by atoms with Crippen molar-refractivity contribution in [3.05, 3.63) is 46.3 Å². The second-order valence-electron chi connectivity index (χ2n) is 7.37. The maximum absolute atomic E-state index is 13.2. The van der Waals surface area contributed by atoms with Gasteiger partial charge in [-0.15, -0.1) is 0 Å². The lowest BCUT2D eigenvalue weighted by molar-refractivity contribution is -0.907. The number of aromatic amines is 1. The van der Waals surface area contributed by atoms with Gasteiger partial charge in [0.15, 0.2) is 17.5 Å². The van der Waals surface area contributed by atoms with E-state index in [9.17, 15) is 9.59 Å². The van der Waals surface area contributed by atoms with Crippen molar-refractivity contribution in [3.63, 3.8) is 0 Å². The van der Waals surface area contributed by atoms with Crippen LogP contribution in [0.4, 0.5) is 0 Å². The number of nitrogens with one attached hydrogen (secondary N) is 2. The third kappa shape index (κ3) is 5.02. The molecule has 1 unspecified atom stereocenters. The lowest BCUT2D eigenvalue weighted by Crippen LogP contribution is -3.12. The van der Waals surface area contributed by atoms with E-state index in [0.717, 1.165) is 10.5 Å². The Hall–Kier alpha value is -2.80. The Kier molecular flexibility index (Phi) is 8.06. The van der Waals surface area contributed by atoms with Gasteiger partial charge in [-0.3, -0.25) is 4.79 Å². The molecule has 2 rings (SSSR count). The van der Waals surface area contributed by atoms with Crippen molar-refractivity contribution in [1.29, 1.82) is 0 Å². The predicted molar refractivity (Wildman–Crippen MR) is 115 cm³/mol. The van der Waals surface area contributed by atoms with Crippen molar-refractivity contribution >= 4 is 11.8 Å². The van der Waals surface area contributed by atoms with Crippen LogP contribution in [-0.2, 0) is 11.3 Å². The third-order valence-corrected chi connectivity index (χ3v) is 5.31. The van der Waals surface area contributed by atoms with Crippen LogP contribution in [0.3, 0.4) is 0 Å². The summed E-state index contributed by atoms with van der Waals surface area (Å²) in [5, 5.41) is 0. The highest BCUT2D eigenvalue weighted by Crippen LogP contribution is 2.27. The minimum Gasteiger partial charge on any atom is -0.493 e. The Morgan fingerprint density at radius 2 is 1.83 bits per heavy atom. The molecule has 0 aliphatic heterocycles. The molecule has 0 spiro atoms. The number of aryl methyl sites for hydroxylation is 1. The number of quaternary nitrogens is 1. The molecule has 7 nitrogen and oxygen atoms in total. The minimum absolute atomic E-state index is 0.0402. The Morgan fingerprint density at radius 1 is 1.13 bits per heavy atom. The van der Waals surface area contributed by atoms with Gasteiger partial charge < -0.3 is 24.1 Å². The summed E-state index contributed by atoms with van der Waals surface area (Å²) < 4.78 is 16.1.